The van der Waals surface area contributed by atoms with E-state index in [2.05, 4.69) is 24.2 Å². The van der Waals surface area contributed by atoms with E-state index in [1.807, 2.05) is 25.1 Å². The van der Waals surface area contributed by atoms with Crippen molar-refractivity contribution in [3.05, 3.63) is 40.2 Å². The normalized spacial score (nSPS) is 11.1. The van der Waals surface area contributed by atoms with Crippen LogP contribution in [0.5, 0.6) is 0 Å². The molecule has 1 heterocycles. The molecule has 0 saturated heterocycles. The summed E-state index contributed by atoms with van der Waals surface area (Å²) >= 11 is 6.08. The lowest BCUT2D eigenvalue weighted by atomic mass is 9.97. The zero-order valence-corrected chi connectivity index (χ0v) is 12.7. The summed E-state index contributed by atoms with van der Waals surface area (Å²) in [6.07, 6.45) is 2.64. The van der Waals surface area contributed by atoms with Gasteiger partial charge in [-0.2, -0.15) is 0 Å². The number of benzene rings is 1. The smallest absolute Gasteiger partial charge is 0.172 e. The summed E-state index contributed by atoms with van der Waals surface area (Å²) in [4.78, 5) is 11.2. The molecule has 0 fully saturated rings. The van der Waals surface area contributed by atoms with Gasteiger partial charge in [-0.1, -0.05) is 36.7 Å². The quantitative estimate of drug-likeness (QED) is 0.784. The minimum absolute atomic E-state index is 0.253. The molecule has 0 N–H and O–H groups in total. The van der Waals surface area contributed by atoms with Gasteiger partial charge < -0.3 is 0 Å². The predicted molar refractivity (Wildman–Crippen MR) is 79.8 cm³/mol. The summed E-state index contributed by atoms with van der Waals surface area (Å²) in [7, 11) is 0. The van der Waals surface area contributed by atoms with Gasteiger partial charge in [-0.15, -0.1) is 5.10 Å². The maximum absolute atomic E-state index is 11.2. The number of hydrogen-bond donors (Lipinski definition) is 0. The van der Waals surface area contributed by atoms with Crippen LogP contribution in [0.1, 0.15) is 54.4 Å². The molecule has 0 aliphatic carbocycles. The molecule has 2 rings (SSSR count). The standard InChI is InChI=1S/C15H18ClN3O/c1-4-11(5-2)15-13(9-20)17-18-19(15)14-8-12(16)7-6-10(14)3/h6-9,11H,4-5H2,1-3H3. The second-order valence-corrected chi connectivity index (χ2v) is 5.27. The van der Waals surface area contributed by atoms with E-state index in [4.69, 9.17) is 11.6 Å². The lowest BCUT2D eigenvalue weighted by molar-refractivity contribution is 0.111. The first-order chi connectivity index (χ1) is 9.62. The minimum Gasteiger partial charge on any atom is -0.296 e. The number of carbonyl (C=O) groups excluding carboxylic acids is 1. The fourth-order valence-corrected chi connectivity index (χ4v) is 2.60. The Balaban J connectivity index is 2.65. The molecule has 0 bridgehead atoms. The number of halogens is 1. The molecule has 1 aromatic heterocycles. The van der Waals surface area contributed by atoms with Gasteiger partial charge in [0, 0.05) is 10.9 Å². The predicted octanol–water partition coefficient (Wildman–Crippen LogP) is 3.95. The van der Waals surface area contributed by atoms with E-state index in [1.165, 1.54) is 0 Å². The van der Waals surface area contributed by atoms with Crippen LogP contribution in [0.2, 0.25) is 5.02 Å². The largest absolute Gasteiger partial charge is 0.296 e. The molecule has 0 radical (unpaired) electrons. The molecule has 20 heavy (non-hydrogen) atoms. The monoisotopic (exact) mass is 291 g/mol. The van der Waals surface area contributed by atoms with Crippen molar-refractivity contribution in [3.8, 4) is 5.69 Å². The Morgan fingerprint density at radius 1 is 1.35 bits per heavy atom. The van der Waals surface area contributed by atoms with E-state index in [1.54, 1.807) is 4.68 Å². The van der Waals surface area contributed by atoms with Crippen LogP contribution < -0.4 is 0 Å². The number of carbonyl (C=O) groups is 1. The molecule has 0 aliphatic heterocycles. The highest BCUT2D eigenvalue weighted by atomic mass is 35.5. The third kappa shape index (κ3) is 2.61. The molecule has 5 heteroatoms. The summed E-state index contributed by atoms with van der Waals surface area (Å²) in [6, 6.07) is 5.64. The molecular formula is C15H18ClN3O. The topological polar surface area (TPSA) is 47.8 Å². The van der Waals surface area contributed by atoms with Crippen LogP contribution >= 0.6 is 11.6 Å². The lowest BCUT2D eigenvalue weighted by Crippen LogP contribution is -2.10. The molecule has 0 spiro atoms. The van der Waals surface area contributed by atoms with Gasteiger partial charge in [-0.3, -0.25) is 4.79 Å². The van der Waals surface area contributed by atoms with Gasteiger partial charge in [0.2, 0.25) is 0 Å². The van der Waals surface area contributed by atoms with Crippen molar-refractivity contribution >= 4 is 17.9 Å². The Kier molecular flexibility index (Phi) is 4.55. The minimum atomic E-state index is 0.253. The van der Waals surface area contributed by atoms with Gasteiger partial charge in [0.05, 0.1) is 11.4 Å². The van der Waals surface area contributed by atoms with Crippen LogP contribution in [0.3, 0.4) is 0 Å². The first-order valence-corrected chi connectivity index (χ1v) is 7.17. The Labute approximate surface area is 123 Å². The molecule has 0 atom stereocenters. The van der Waals surface area contributed by atoms with Gasteiger partial charge in [-0.25, -0.2) is 4.68 Å². The molecule has 0 unspecified atom stereocenters. The number of rotatable bonds is 5. The van der Waals surface area contributed by atoms with Gasteiger partial charge in [0.25, 0.3) is 0 Å². The Morgan fingerprint density at radius 3 is 2.65 bits per heavy atom. The molecule has 1 aromatic carbocycles. The summed E-state index contributed by atoms with van der Waals surface area (Å²) in [5.41, 5.74) is 3.21. The number of aldehydes is 1. The first-order valence-electron chi connectivity index (χ1n) is 6.79. The molecule has 0 saturated carbocycles. The van der Waals surface area contributed by atoms with E-state index in [0.29, 0.717) is 10.7 Å². The average Bonchev–Trinajstić information content (AvgIpc) is 2.87. The van der Waals surface area contributed by atoms with Crippen molar-refractivity contribution in [2.45, 2.75) is 39.5 Å². The molecule has 2 aromatic rings. The van der Waals surface area contributed by atoms with Gasteiger partial charge in [0.15, 0.2) is 6.29 Å². The van der Waals surface area contributed by atoms with Crippen LogP contribution in [-0.4, -0.2) is 21.3 Å². The van der Waals surface area contributed by atoms with Gasteiger partial charge in [-0.05, 0) is 37.5 Å². The summed E-state index contributed by atoms with van der Waals surface area (Å²) < 4.78 is 1.75. The van der Waals surface area contributed by atoms with Gasteiger partial charge >= 0.3 is 0 Å². The summed E-state index contributed by atoms with van der Waals surface area (Å²) in [6.45, 7) is 6.19. The van der Waals surface area contributed by atoms with Crippen molar-refractivity contribution < 1.29 is 4.79 Å². The fourth-order valence-electron chi connectivity index (χ4n) is 2.43. The molecule has 106 valence electrons. The van der Waals surface area contributed by atoms with Crippen LogP contribution in [0.4, 0.5) is 0 Å². The Morgan fingerprint density at radius 2 is 2.05 bits per heavy atom. The highest BCUT2D eigenvalue weighted by molar-refractivity contribution is 6.30. The second-order valence-electron chi connectivity index (χ2n) is 4.83. The van der Waals surface area contributed by atoms with Crippen molar-refractivity contribution in [3.63, 3.8) is 0 Å². The summed E-state index contributed by atoms with van der Waals surface area (Å²) in [5.74, 6) is 0.253. The highest BCUT2D eigenvalue weighted by Crippen LogP contribution is 2.28. The third-order valence-electron chi connectivity index (χ3n) is 3.62. The molecule has 4 nitrogen and oxygen atoms in total. The van der Waals surface area contributed by atoms with Crippen molar-refractivity contribution in [2.75, 3.05) is 0 Å². The van der Waals surface area contributed by atoms with Crippen LogP contribution in [0.15, 0.2) is 18.2 Å². The van der Waals surface area contributed by atoms with E-state index in [9.17, 15) is 4.79 Å². The zero-order chi connectivity index (χ0) is 14.7. The van der Waals surface area contributed by atoms with E-state index >= 15 is 0 Å². The van der Waals surface area contributed by atoms with E-state index in [0.717, 1.165) is 36.1 Å². The highest BCUT2D eigenvalue weighted by Gasteiger charge is 2.21. The summed E-state index contributed by atoms with van der Waals surface area (Å²) in [5, 5.41) is 8.80. The Hall–Kier alpha value is -1.68. The van der Waals surface area contributed by atoms with Crippen LogP contribution in [0, 0.1) is 6.92 Å². The molecule has 0 amide bonds. The number of nitrogens with zero attached hydrogens (tertiary/aromatic N) is 3. The van der Waals surface area contributed by atoms with Crippen molar-refractivity contribution in [2.24, 2.45) is 0 Å². The van der Waals surface area contributed by atoms with Crippen molar-refractivity contribution in [1.29, 1.82) is 0 Å². The molecular weight excluding hydrogens is 274 g/mol. The maximum Gasteiger partial charge on any atom is 0.172 e. The number of aromatic nitrogens is 3. The third-order valence-corrected chi connectivity index (χ3v) is 3.85. The SMILES string of the molecule is CCC(CC)c1c(C=O)nnn1-c1cc(Cl)ccc1C. The first kappa shape index (κ1) is 14.7. The number of aryl methyl sites for hydroxylation is 1. The fraction of sp³-hybridized carbons (Fsp3) is 0.400. The van der Waals surface area contributed by atoms with E-state index < -0.39 is 0 Å². The average molecular weight is 292 g/mol. The van der Waals surface area contributed by atoms with E-state index in [-0.39, 0.29) is 5.92 Å². The van der Waals surface area contributed by atoms with Gasteiger partial charge in [0.1, 0.15) is 5.69 Å². The van der Waals surface area contributed by atoms with Crippen molar-refractivity contribution in [1.82, 2.24) is 15.0 Å². The maximum atomic E-state index is 11.2. The lowest BCUT2D eigenvalue weighted by Gasteiger charge is -2.16. The van der Waals surface area contributed by atoms with Crippen LogP contribution in [-0.2, 0) is 0 Å². The zero-order valence-electron chi connectivity index (χ0n) is 11.9. The van der Waals surface area contributed by atoms with Crippen LogP contribution in [0.25, 0.3) is 5.69 Å². The molecule has 0 aliphatic rings. The number of hydrogen-bond acceptors (Lipinski definition) is 3. The second kappa shape index (κ2) is 6.18. The Bertz CT molecular complexity index is 618.